The van der Waals surface area contributed by atoms with Gasteiger partial charge in [-0.3, -0.25) is 13.8 Å². The van der Waals surface area contributed by atoms with E-state index < -0.39 is 22.7 Å². The Balaban J connectivity index is 1.87. The lowest BCUT2D eigenvalue weighted by atomic mass is 10.2. The predicted octanol–water partition coefficient (Wildman–Crippen LogP) is 0.564. The molecule has 0 heterocycles. The Morgan fingerprint density at radius 1 is 1.30 bits per heavy atom. The summed E-state index contributed by atoms with van der Waals surface area (Å²) in [6, 6.07) is 8.29. The summed E-state index contributed by atoms with van der Waals surface area (Å²) in [4.78, 5) is 23.7. The average Bonchev–Trinajstić information content (AvgIpc) is 3.28. The molecular formula is C14H18N2O3S. The van der Waals surface area contributed by atoms with Crippen LogP contribution in [0.3, 0.4) is 0 Å². The van der Waals surface area contributed by atoms with Crippen molar-refractivity contribution in [2.45, 2.75) is 30.2 Å². The number of rotatable bonds is 7. The molecule has 0 aliphatic heterocycles. The molecule has 2 atom stereocenters. The van der Waals surface area contributed by atoms with E-state index >= 15 is 0 Å². The number of carbonyl (C=O) groups is 2. The van der Waals surface area contributed by atoms with E-state index in [1.54, 1.807) is 12.1 Å². The van der Waals surface area contributed by atoms with E-state index in [4.69, 9.17) is 5.73 Å². The highest BCUT2D eigenvalue weighted by molar-refractivity contribution is 7.85. The highest BCUT2D eigenvalue weighted by Crippen LogP contribution is 2.28. The van der Waals surface area contributed by atoms with Gasteiger partial charge in [0.1, 0.15) is 6.04 Å². The van der Waals surface area contributed by atoms with E-state index in [2.05, 4.69) is 5.32 Å². The first-order chi connectivity index (χ1) is 9.58. The summed E-state index contributed by atoms with van der Waals surface area (Å²) in [5.41, 5.74) is 5.28. The fraction of sp³-hybridized carbons (Fsp3) is 0.429. The minimum absolute atomic E-state index is 0.0245. The third-order valence-electron chi connectivity index (χ3n) is 3.21. The van der Waals surface area contributed by atoms with Gasteiger partial charge in [-0.15, -0.1) is 0 Å². The highest BCUT2D eigenvalue weighted by Gasteiger charge is 2.32. The second kappa shape index (κ2) is 6.65. The third-order valence-corrected chi connectivity index (χ3v) is 4.61. The normalized spacial score (nSPS) is 17.2. The first-order valence-electron chi connectivity index (χ1n) is 6.61. The van der Waals surface area contributed by atoms with Gasteiger partial charge in [-0.1, -0.05) is 18.2 Å². The van der Waals surface area contributed by atoms with Crippen molar-refractivity contribution >= 4 is 22.6 Å². The second-order valence-corrected chi connectivity index (χ2v) is 6.46. The zero-order valence-corrected chi connectivity index (χ0v) is 11.9. The molecule has 20 heavy (non-hydrogen) atoms. The van der Waals surface area contributed by atoms with Crippen LogP contribution in [0.15, 0.2) is 35.2 Å². The molecule has 1 aliphatic rings. The minimum atomic E-state index is -1.19. The van der Waals surface area contributed by atoms with Gasteiger partial charge in [-0.05, 0) is 31.4 Å². The van der Waals surface area contributed by atoms with Crippen molar-refractivity contribution in [3.8, 4) is 0 Å². The third kappa shape index (κ3) is 4.16. The van der Waals surface area contributed by atoms with Crippen molar-refractivity contribution < 1.29 is 13.8 Å². The molecule has 1 aromatic carbocycles. The molecule has 6 heteroatoms. The van der Waals surface area contributed by atoms with Gasteiger partial charge in [0.05, 0.1) is 10.8 Å². The van der Waals surface area contributed by atoms with Crippen molar-refractivity contribution in [3.05, 3.63) is 30.3 Å². The van der Waals surface area contributed by atoms with Crippen LogP contribution in [0.4, 0.5) is 0 Å². The van der Waals surface area contributed by atoms with E-state index in [0.29, 0.717) is 10.6 Å². The van der Waals surface area contributed by atoms with Gasteiger partial charge in [0.25, 0.3) is 0 Å². The molecule has 2 rings (SSSR count). The molecule has 1 aliphatic carbocycles. The van der Waals surface area contributed by atoms with E-state index in [1.807, 2.05) is 18.2 Å². The smallest absolute Gasteiger partial charge is 0.240 e. The van der Waals surface area contributed by atoms with Crippen molar-refractivity contribution in [3.63, 3.8) is 0 Å². The summed E-state index contributed by atoms with van der Waals surface area (Å²) in [5, 5.41) is 2.64. The van der Waals surface area contributed by atoms with Gasteiger partial charge in [-0.25, -0.2) is 0 Å². The van der Waals surface area contributed by atoms with Crippen LogP contribution in [0.1, 0.15) is 19.3 Å². The van der Waals surface area contributed by atoms with Crippen molar-refractivity contribution in [1.29, 1.82) is 0 Å². The number of primary amides is 1. The van der Waals surface area contributed by atoms with Gasteiger partial charge >= 0.3 is 0 Å². The lowest BCUT2D eigenvalue weighted by Gasteiger charge is -2.15. The zero-order chi connectivity index (χ0) is 14.5. The molecule has 5 nitrogen and oxygen atoms in total. The molecule has 108 valence electrons. The number of carbonyl (C=O) groups excluding carboxylic acids is 2. The van der Waals surface area contributed by atoms with E-state index in [0.717, 1.165) is 12.8 Å². The fourth-order valence-electron chi connectivity index (χ4n) is 1.84. The Labute approximate surface area is 120 Å². The number of benzene rings is 1. The summed E-state index contributed by atoms with van der Waals surface area (Å²) < 4.78 is 12.1. The summed E-state index contributed by atoms with van der Waals surface area (Å²) >= 11 is 0. The van der Waals surface area contributed by atoms with Crippen LogP contribution in [0.2, 0.25) is 0 Å². The molecule has 0 bridgehead atoms. The molecule has 3 N–H and O–H groups in total. The first-order valence-corrected chi connectivity index (χ1v) is 7.93. The summed E-state index contributed by atoms with van der Waals surface area (Å²) in [6.45, 7) is 0. The van der Waals surface area contributed by atoms with Crippen LogP contribution in [0.5, 0.6) is 0 Å². The molecule has 2 amide bonds. The molecule has 0 spiro atoms. The van der Waals surface area contributed by atoms with Crippen LogP contribution in [-0.4, -0.2) is 27.8 Å². The predicted molar refractivity (Wildman–Crippen MR) is 76.2 cm³/mol. The van der Waals surface area contributed by atoms with Crippen LogP contribution in [-0.2, 0) is 20.4 Å². The molecule has 1 aromatic rings. The van der Waals surface area contributed by atoms with Crippen LogP contribution in [0.25, 0.3) is 0 Å². The van der Waals surface area contributed by atoms with E-state index in [-0.39, 0.29) is 18.2 Å². The number of hydrogen-bond acceptors (Lipinski definition) is 3. The van der Waals surface area contributed by atoms with Gasteiger partial charge in [-0.2, -0.15) is 0 Å². The second-order valence-electron chi connectivity index (χ2n) is 4.89. The average molecular weight is 294 g/mol. The number of hydrogen-bond donors (Lipinski definition) is 2. The lowest BCUT2D eigenvalue weighted by molar-refractivity contribution is -0.128. The Bertz CT molecular complexity index is 514. The lowest BCUT2D eigenvalue weighted by Crippen LogP contribution is -2.45. The molecule has 1 saturated carbocycles. The van der Waals surface area contributed by atoms with Gasteiger partial charge in [0.15, 0.2) is 0 Å². The maximum atomic E-state index is 12.1. The minimum Gasteiger partial charge on any atom is -0.368 e. The van der Waals surface area contributed by atoms with Crippen LogP contribution in [0, 0.1) is 5.92 Å². The zero-order valence-electron chi connectivity index (χ0n) is 11.1. The molecule has 0 radical (unpaired) electrons. The van der Waals surface area contributed by atoms with Gasteiger partial charge in [0, 0.05) is 16.6 Å². The standard InChI is InChI=1S/C14H18N2O3S/c15-13(17)12(16-14(18)10-6-7-10)8-9-20(19)11-4-2-1-3-5-11/h1-5,10,12H,6-9H2,(H2,15,17)(H,16,18)/t12-,20+/m1/s1. The number of nitrogens with two attached hydrogens (primary N) is 1. The highest BCUT2D eigenvalue weighted by atomic mass is 32.2. The monoisotopic (exact) mass is 294 g/mol. The largest absolute Gasteiger partial charge is 0.368 e. The maximum absolute atomic E-state index is 12.1. The Morgan fingerprint density at radius 3 is 2.50 bits per heavy atom. The summed E-state index contributed by atoms with van der Waals surface area (Å²) in [6.07, 6.45) is 2.02. The van der Waals surface area contributed by atoms with E-state index in [1.165, 1.54) is 0 Å². The molecule has 1 fully saturated rings. The molecular weight excluding hydrogens is 276 g/mol. The Morgan fingerprint density at radius 2 is 1.95 bits per heavy atom. The fourth-order valence-corrected chi connectivity index (χ4v) is 2.98. The topological polar surface area (TPSA) is 89.3 Å². The molecule has 0 aromatic heterocycles. The van der Waals surface area contributed by atoms with Gasteiger partial charge < -0.3 is 11.1 Å². The van der Waals surface area contributed by atoms with Crippen molar-refractivity contribution in [2.75, 3.05) is 5.75 Å². The summed E-state index contributed by atoms with van der Waals surface area (Å²) in [7, 11) is -1.19. The molecule has 0 saturated heterocycles. The van der Waals surface area contributed by atoms with E-state index in [9.17, 15) is 13.8 Å². The maximum Gasteiger partial charge on any atom is 0.240 e. The van der Waals surface area contributed by atoms with Crippen LogP contribution >= 0.6 is 0 Å². The van der Waals surface area contributed by atoms with Gasteiger partial charge in [0.2, 0.25) is 11.8 Å². The van der Waals surface area contributed by atoms with Crippen LogP contribution < -0.4 is 11.1 Å². The SMILES string of the molecule is NC(=O)[C@@H](CC[S@](=O)c1ccccc1)NC(=O)C1CC1. The number of nitrogens with one attached hydrogen (secondary N) is 1. The summed E-state index contributed by atoms with van der Waals surface area (Å²) in [5.74, 6) is -0.387. The van der Waals surface area contributed by atoms with Crippen molar-refractivity contribution in [2.24, 2.45) is 11.7 Å². The number of amides is 2. The Hall–Kier alpha value is -1.69. The quantitative estimate of drug-likeness (QED) is 0.770. The molecule has 0 unspecified atom stereocenters. The Kier molecular flexibility index (Phi) is 4.89. The van der Waals surface area contributed by atoms with Crippen molar-refractivity contribution in [1.82, 2.24) is 5.32 Å². The first kappa shape index (κ1) is 14.7.